The molecule has 1 aliphatic rings. The van der Waals surface area contributed by atoms with Crippen molar-refractivity contribution in [1.82, 2.24) is 0 Å². The highest BCUT2D eigenvalue weighted by Gasteiger charge is 2.38. The normalized spacial score (nSPS) is 19.3. The van der Waals surface area contributed by atoms with Crippen molar-refractivity contribution in [1.29, 1.82) is 0 Å². The van der Waals surface area contributed by atoms with Gasteiger partial charge in [-0.25, -0.2) is 4.79 Å². The molecule has 1 atom stereocenters. The number of carbonyl (C=O) groups is 2. The third-order valence-corrected chi connectivity index (χ3v) is 2.66. The molecule has 1 aliphatic heterocycles. The molecule has 19 heavy (non-hydrogen) atoms. The molecular formula is C15H28O4. The second-order valence-electron chi connectivity index (χ2n) is 6.47. The fraction of sp³-hybridized carbons (Fsp3) is 0.867. The lowest BCUT2D eigenvalue weighted by Gasteiger charge is -2.30. The molecule has 1 heterocycles. The topological polar surface area (TPSA) is 52.6 Å². The van der Waals surface area contributed by atoms with E-state index < -0.39 is 17.5 Å². The zero-order valence-electron chi connectivity index (χ0n) is 13.3. The lowest BCUT2D eigenvalue weighted by molar-refractivity contribution is -0.168. The maximum atomic E-state index is 12.0. The van der Waals surface area contributed by atoms with Gasteiger partial charge in [0.15, 0.2) is 0 Å². The third-order valence-electron chi connectivity index (χ3n) is 2.66. The number of rotatable bonds is 3. The lowest BCUT2D eigenvalue weighted by Crippen LogP contribution is -2.35. The predicted octanol–water partition coefficient (Wildman–Crippen LogP) is 3.33. The van der Waals surface area contributed by atoms with Gasteiger partial charge in [0.1, 0.15) is 0 Å². The fourth-order valence-electron chi connectivity index (χ4n) is 2.27. The molecule has 112 valence electrons. The van der Waals surface area contributed by atoms with Crippen LogP contribution in [-0.2, 0) is 19.1 Å². The van der Waals surface area contributed by atoms with E-state index in [4.69, 9.17) is 9.47 Å². The van der Waals surface area contributed by atoms with Crippen molar-refractivity contribution in [3.8, 4) is 0 Å². The second-order valence-corrected chi connectivity index (χ2v) is 6.47. The first-order chi connectivity index (χ1) is 8.62. The Hall–Kier alpha value is -1.06. The van der Waals surface area contributed by atoms with Crippen molar-refractivity contribution in [2.45, 2.75) is 67.4 Å². The van der Waals surface area contributed by atoms with E-state index in [0.717, 1.165) is 0 Å². The van der Waals surface area contributed by atoms with Crippen LogP contribution in [0.1, 0.15) is 61.3 Å². The van der Waals surface area contributed by atoms with Crippen molar-refractivity contribution < 1.29 is 19.1 Å². The van der Waals surface area contributed by atoms with Gasteiger partial charge in [0, 0.05) is 6.42 Å². The molecule has 1 saturated heterocycles. The minimum absolute atomic E-state index is 0.0404. The van der Waals surface area contributed by atoms with Crippen LogP contribution in [0.4, 0.5) is 0 Å². The summed E-state index contributed by atoms with van der Waals surface area (Å²) in [5.41, 5.74) is -0.542. The number of hydrogen-bond donors (Lipinski definition) is 0. The van der Waals surface area contributed by atoms with Crippen LogP contribution in [-0.4, -0.2) is 24.6 Å². The van der Waals surface area contributed by atoms with Crippen molar-refractivity contribution in [3.05, 3.63) is 0 Å². The van der Waals surface area contributed by atoms with Gasteiger partial charge >= 0.3 is 11.9 Å². The van der Waals surface area contributed by atoms with Gasteiger partial charge in [0.2, 0.25) is 6.10 Å². The fourth-order valence-corrected chi connectivity index (χ4v) is 2.27. The summed E-state index contributed by atoms with van der Waals surface area (Å²) < 4.78 is 9.98. The van der Waals surface area contributed by atoms with Crippen LogP contribution in [0.2, 0.25) is 0 Å². The second kappa shape index (κ2) is 6.92. The van der Waals surface area contributed by atoms with Crippen molar-refractivity contribution in [2.24, 2.45) is 10.8 Å². The average Bonchev–Trinajstić information content (AvgIpc) is 2.64. The SMILES string of the molecule is CC.CC(C)(C)CC(C)(C)C(=O)OC1CCOC1=O. The molecule has 0 aromatic rings. The third kappa shape index (κ3) is 6.08. The molecule has 1 rings (SSSR count). The highest BCUT2D eigenvalue weighted by molar-refractivity contribution is 5.82. The van der Waals surface area contributed by atoms with Crippen LogP contribution < -0.4 is 0 Å². The summed E-state index contributed by atoms with van der Waals surface area (Å²) in [7, 11) is 0. The summed E-state index contributed by atoms with van der Waals surface area (Å²) in [6, 6.07) is 0. The number of hydrogen-bond acceptors (Lipinski definition) is 4. The van der Waals surface area contributed by atoms with Gasteiger partial charge in [0.25, 0.3) is 0 Å². The zero-order valence-corrected chi connectivity index (χ0v) is 13.3. The van der Waals surface area contributed by atoms with Crippen LogP contribution in [0.5, 0.6) is 0 Å². The standard InChI is InChI=1S/C13H22O4.C2H6/c1-12(2,3)8-13(4,5)11(15)17-9-6-7-16-10(9)14;1-2/h9H,6-8H2,1-5H3;1-2H3. The quantitative estimate of drug-likeness (QED) is 0.739. The number of esters is 2. The first-order valence-electron chi connectivity index (χ1n) is 6.99. The van der Waals surface area contributed by atoms with E-state index in [0.29, 0.717) is 19.4 Å². The Balaban J connectivity index is 0.00000154. The summed E-state index contributed by atoms with van der Waals surface area (Å²) in [6.45, 7) is 14.3. The molecule has 0 aromatic carbocycles. The Labute approximate surface area is 116 Å². The van der Waals surface area contributed by atoms with Gasteiger partial charge in [-0.05, 0) is 25.7 Å². The Bertz CT molecular complexity index is 313. The molecule has 1 fully saturated rings. The molecule has 0 N–H and O–H groups in total. The maximum absolute atomic E-state index is 12.0. The molecule has 0 aromatic heterocycles. The molecule has 4 nitrogen and oxygen atoms in total. The van der Waals surface area contributed by atoms with Crippen LogP contribution >= 0.6 is 0 Å². The molecule has 1 unspecified atom stereocenters. The van der Waals surface area contributed by atoms with Gasteiger partial charge < -0.3 is 9.47 Å². The maximum Gasteiger partial charge on any atom is 0.347 e. The molecule has 0 radical (unpaired) electrons. The van der Waals surface area contributed by atoms with Gasteiger partial charge in [-0.15, -0.1) is 0 Å². The number of cyclic esters (lactones) is 1. The Morgan fingerprint density at radius 1 is 1.26 bits per heavy atom. The molecule has 4 heteroatoms. The first kappa shape index (κ1) is 17.9. The van der Waals surface area contributed by atoms with E-state index in [2.05, 4.69) is 20.8 Å². The smallest absolute Gasteiger partial charge is 0.347 e. The molecule has 0 saturated carbocycles. The van der Waals surface area contributed by atoms with Crippen molar-refractivity contribution in [3.63, 3.8) is 0 Å². The van der Waals surface area contributed by atoms with Crippen LogP contribution in [0.3, 0.4) is 0 Å². The summed E-state index contributed by atoms with van der Waals surface area (Å²) in [4.78, 5) is 23.2. The Kier molecular flexibility index (Phi) is 6.53. The Morgan fingerprint density at radius 3 is 2.16 bits per heavy atom. The molecule has 0 spiro atoms. The lowest BCUT2D eigenvalue weighted by atomic mass is 9.76. The van der Waals surface area contributed by atoms with Crippen LogP contribution in [0, 0.1) is 10.8 Å². The summed E-state index contributed by atoms with van der Waals surface area (Å²) in [5, 5.41) is 0. The van der Waals surface area contributed by atoms with E-state index >= 15 is 0 Å². The van der Waals surface area contributed by atoms with Gasteiger partial charge in [-0.1, -0.05) is 34.6 Å². The predicted molar refractivity (Wildman–Crippen MR) is 74.7 cm³/mol. The largest absolute Gasteiger partial charge is 0.463 e. The van der Waals surface area contributed by atoms with Crippen LogP contribution in [0.15, 0.2) is 0 Å². The number of carbonyl (C=O) groups excluding carboxylic acids is 2. The monoisotopic (exact) mass is 272 g/mol. The van der Waals surface area contributed by atoms with Gasteiger partial charge in [-0.3, -0.25) is 4.79 Å². The first-order valence-corrected chi connectivity index (χ1v) is 6.99. The molecule has 0 aliphatic carbocycles. The Morgan fingerprint density at radius 2 is 1.79 bits per heavy atom. The van der Waals surface area contributed by atoms with E-state index in [9.17, 15) is 9.59 Å². The van der Waals surface area contributed by atoms with Crippen molar-refractivity contribution >= 4 is 11.9 Å². The molecule has 0 amide bonds. The van der Waals surface area contributed by atoms with E-state index in [-0.39, 0.29) is 11.4 Å². The molecule has 0 bridgehead atoms. The van der Waals surface area contributed by atoms with Crippen molar-refractivity contribution in [2.75, 3.05) is 6.61 Å². The summed E-state index contributed by atoms with van der Waals surface area (Å²) >= 11 is 0. The minimum atomic E-state index is -0.707. The zero-order chi connectivity index (χ0) is 15.3. The minimum Gasteiger partial charge on any atom is -0.463 e. The van der Waals surface area contributed by atoms with E-state index in [1.165, 1.54) is 0 Å². The van der Waals surface area contributed by atoms with Gasteiger partial charge in [-0.2, -0.15) is 0 Å². The highest BCUT2D eigenvalue weighted by Crippen LogP contribution is 2.34. The van der Waals surface area contributed by atoms with Crippen LogP contribution in [0.25, 0.3) is 0 Å². The number of ether oxygens (including phenoxy) is 2. The molecular weight excluding hydrogens is 244 g/mol. The summed E-state index contributed by atoms with van der Waals surface area (Å²) in [5.74, 6) is -0.749. The summed E-state index contributed by atoms with van der Waals surface area (Å²) in [6.07, 6.45) is 0.471. The van der Waals surface area contributed by atoms with Gasteiger partial charge in [0.05, 0.1) is 12.0 Å². The average molecular weight is 272 g/mol. The van der Waals surface area contributed by atoms with E-state index in [1.807, 2.05) is 27.7 Å². The highest BCUT2D eigenvalue weighted by atomic mass is 16.6. The van der Waals surface area contributed by atoms with E-state index in [1.54, 1.807) is 0 Å².